The number of halogens is 3. The summed E-state index contributed by atoms with van der Waals surface area (Å²) in [6.45, 7) is -0.531. The van der Waals surface area contributed by atoms with Crippen LogP contribution in [0.4, 0.5) is 9.59 Å². The van der Waals surface area contributed by atoms with Crippen LogP contribution in [-0.4, -0.2) is 79.5 Å². The molecule has 0 radical (unpaired) electrons. The second-order valence-corrected chi connectivity index (χ2v) is 16.0. The summed E-state index contributed by atoms with van der Waals surface area (Å²) in [6, 6.07) is 21.9. The maximum absolute atomic E-state index is 12.8. The topological polar surface area (TPSA) is 175 Å². The Morgan fingerprint density at radius 1 is 0.627 bits per heavy atom. The number of aromatic hydroxyl groups is 1. The van der Waals surface area contributed by atoms with E-state index in [9.17, 15) is 28.8 Å². The number of ketones is 2. The first kappa shape index (κ1) is 43.1. The SMILES string of the molecule is O=C(CN1C(=O)NC2(CCCCC2)C1=O)c1ccc(Cl)cc1.O=C(CN1C(=O)NC2(CCCCC2)C1=O)c1ccc(Oc2cccc(Cl)c2)nc1.Oc1cccc(Cl)c1. The molecule has 6 amide bonds. The van der Waals surface area contributed by atoms with Gasteiger partial charge in [-0.15, -0.1) is 0 Å². The highest BCUT2D eigenvalue weighted by Crippen LogP contribution is 2.35. The predicted octanol–water partition coefficient (Wildman–Crippen LogP) is 8.79. The number of pyridine rings is 1. The van der Waals surface area contributed by atoms with Crippen molar-refractivity contribution in [1.29, 1.82) is 0 Å². The third-order valence-corrected chi connectivity index (χ3v) is 11.3. The first-order valence-electron chi connectivity index (χ1n) is 19.2. The molecule has 4 fully saturated rings. The van der Waals surface area contributed by atoms with E-state index >= 15 is 0 Å². The molecule has 13 nitrogen and oxygen atoms in total. The number of ether oxygens (including phenoxy) is 1. The first-order valence-corrected chi connectivity index (χ1v) is 20.4. The van der Waals surface area contributed by atoms with Crippen molar-refractivity contribution in [1.82, 2.24) is 25.4 Å². The van der Waals surface area contributed by atoms with E-state index in [1.165, 1.54) is 12.3 Å². The summed E-state index contributed by atoms with van der Waals surface area (Å²) >= 11 is 17.2. The molecule has 308 valence electrons. The van der Waals surface area contributed by atoms with Gasteiger partial charge < -0.3 is 20.5 Å². The lowest BCUT2D eigenvalue weighted by Gasteiger charge is -2.30. The minimum Gasteiger partial charge on any atom is -0.508 e. The highest BCUT2D eigenvalue weighted by Gasteiger charge is 2.52. The van der Waals surface area contributed by atoms with Gasteiger partial charge in [0.1, 0.15) is 22.6 Å². The fraction of sp³-hybridized carbons (Fsp3) is 0.326. The molecular formula is C43H42Cl3N5O8. The highest BCUT2D eigenvalue weighted by molar-refractivity contribution is 6.31. The van der Waals surface area contributed by atoms with Crippen LogP contribution >= 0.6 is 34.8 Å². The highest BCUT2D eigenvalue weighted by atomic mass is 35.5. The number of rotatable bonds is 8. The van der Waals surface area contributed by atoms with Gasteiger partial charge in [-0.05, 0) is 92.4 Å². The molecule has 0 bridgehead atoms. The van der Waals surface area contributed by atoms with E-state index in [0.29, 0.717) is 63.5 Å². The van der Waals surface area contributed by atoms with Gasteiger partial charge in [-0.1, -0.05) is 85.5 Å². The standard InChI is InChI=1S/C21H20ClN3O4.C16H17ClN2O3.C6H5ClO/c22-15-5-4-6-16(11-15)29-18-8-7-14(12-23-18)17(26)13-25-19(27)21(24-20(25)28)9-2-1-3-10-21;17-12-6-4-11(5-7-12)13(20)10-19-14(21)16(18-15(19)22)8-2-1-3-9-16;7-5-2-1-3-6(8)4-5/h4-8,11-12H,1-3,9-10,13H2,(H,24,28);4-7H,1-3,8-10H2,(H,18,22);1-4,8H. The van der Waals surface area contributed by atoms with Gasteiger partial charge >= 0.3 is 12.1 Å². The molecule has 3 N–H and O–H groups in total. The molecule has 2 aliphatic heterocycles. The Morgan fingerprint density at radius 3 is 1.58 bits per heavy atom. The lowest BCUT2D eigenvalue weighted by molar-refractivity contribution is -0.132. The zero-order valence-corrected chi connectivity index (χ0v) is 34.2. The second-order valence-electron chi connectivity index (χ2n) is 14.7. The molecule has 0 unspecified atom stereocenters. The van der Waals surface area contributed by atoms with E-state index < -0.39 is 23.1 Å². The van der Waals surface area contributed by atoms with Crippen molar-refractivity contribution in [2.75, 3.05) is 13.1 Å². The predicted molar refractivity (Wildman–Crippen MR) is 221 cm³/mol. The number of phenols is 1. The number of carbonyl (C=O) groups excluding carboxylic acids is 6. The van der Waals surface area contributed by atoms with Crippen molar-refractivity contribution in [2.24, 2.45) is 0 Å². The molecule has 8 rings (SSSR count). The quantitative estimate of drug-likeness (QED) is 0.116. The summed E-state index contributed by atoms with van der Waals surface area (Å²) in [4.78, 5) is 80.8. The van der Waals surface area contributed by atoms with Crippen molar-refractivity contribution in [3.05, 3.63) is 117 Å². The number of Topliss-reactive ketones (excluding diaryl/α,β-unsaturated/α-hetero) is 2. The van der Waals surface area contributed by atoms with Gasteiger partial charge in [0.25, 0.3) is 11.8 Å². The van der Waals surface area contributed by atoms with E-state index in [1.807, 2.05) is 0 Å². The van der Waals surface area contributed by atoms with Crippen molar-refractivity contribution in [3.8, 4) is 17.4 Å². The van der Waals surface area contributed by atoms with Crippen LogP contribution in [0, 0.1) is 0 Å². The summed E-state index contributed by atoms with van der Waals surface area (Å²) in [5.41, 5.74) is -0.874. The minimum atomic E-state index is -0.831. The number of carbonyl (C=O) groups is 6. The van der Waals surface area contributed by atoms with Crippen LogP contribution in [0.1, 0.15) is 84.9 Å². The van der Waals surface area contributed by atoms with E-state index in [4.69, 9.17) is 44.6 Å². The Labute approximate surface area is 356 Å². The van der Waals surface area contributed by atoms with Crippen LogP contribution in [0.3, 0.4) is 0 Å². The lowest BCUT2D eigenvalue weighted by Crippen LogP contribution is -2.48. The van der Waals surface area contributed by atoms with Gasteiger partial charge in [-0.3, -0.25) is 29.0 Å². The largest absolute Gasteiger partial charge is 0.508 e. The van der Waals surface area contributed by atoms with E-state index in [-0.39, 0.29) is 42.2 Å². The third kappa shape index (κ3) is 10.6. The number of nitrogens with one attached hydrogen (secondary N) is 2. The van der Waals surface area contributed by atoms with Gasteiger partial charge in [-0.2, -0.15) is 0 Å². The average Bonchev–Trinajstić information content (AvgIpc) is 3.57. The monoisotopic (exact) mass is 861 g/mol. The first-order chi connectivity index (χ1) is 28.3. The Morgan fingerprint density at radius 2 is 1.12 bits per heavy atom. The molecule has 59 heavy (non-hydrogen) atoms. The van der Waals surface area contributed by atoms with E-state index in [0.717, 1.165) is 48.3 Å². The Hall–Kier alpha value is -5.50. The van der Waals surface area contributed by atoms with Gasteiger partial charge in [0.15, 0.2) is 11.6 Å². The number of phenolic OH excluding ortho intramolecular Hbond substituents is 1. The zero-order valence-electron chi connectivity index (χ0n) is 31.9. The molecule has 4 aromatic rings. The van der Waals surface area contributed by atoms with Crippen molar-refractivity contribution in [3.63, 3.8) is 0 Å². The molecule has 2 aliphatic carbocycles. The second kappa shape index (κ2) is 19.0. The van der Waals surface area contributed by atoms with E-state index in [2.05, 4.69) is 15.6 Å². The summed E-state index contributed by atoms with van der Waals surface area (Å²) in [5.74, 6) is -0.154. The smallest absolute Gasteiger partial charge is 0.325 e. The normalized spacial score (nSPS) is 17.7. The van der Waals surface area contributed by atoms with Gasteiger partial charge in [0.05, 0.1) is 13.1 Å². The van der Waals surface area contributed by atoms with E-state index in [1.54, 1.807) is 78.9 Å². The van der Waals surface area contributed by atoms with Gasteiger partial charge in [-0.25, -0.2) is 14.6 Å². The van der Waals surface area contributed by atoms with Crippen LogP contribution in [0.15, 0.2) is 91.1 Å². The molecule has 3 heterocycles. The van der Waals surface area contributed by atoms with Crippen molar-refractivity contribution in [2.45, 2.75) is 75.3 Å². The molecule has 16 heteroatoms. The number of benzene rings is 3. The van der Waals surface area contributed by atoms with Gasteiger partial charge in [0.2, 0.25) is 5.88 Å². The Kier molecular flexibility index (Phi) is 13.9. The number of urea groups is 2. The maximum atomic E-state index is 12.8. The molecule has 2 spiro atoms. The molecule has 2 saturated carbocycles. The summed E-state index contributed by atoms with van der Waals surface area (Å²) in [7, 11) is 0. The lowest BCUT2D eigenvalue weighted by atomic mass is 9.82. The molecule has 1 aromatic heterocycles. The zero-order chi connectivity index (χ0) is 42.2. The number of imide groups is 2. The molecule has 4 aliphatic rings. The third-order valence-electron chi connectivity index (χ3n) is 10.6. The number of aromatic nitrogens is 1. The summed E-state index contributed by atoms with van der Waals surface area (Å²) in [5, 5.41) is 16.0. The van der Waals surface area contributed by atoms with Crippen LogP contribution in [0.2, 0.25) is 15.1 Å². The minimum absolute atomic E-state index is 0.206. The molecule has 0 atom stereocenters. The average molecular weight is 863 g/mol. The number of nitrogens with zero attached hydrogens (tertiary/aromatic N) is 3. The Bertz CT molecular complexity index is 2190. The van der Waals surface area contributed by atoms with Crippen LogP contribution in [-0.2, 0) is 9.59 Å². The van der Waals surface area contributed by atoms with Crippen LogP contribution in [0.25, 0.3) is 0 Å². The Balaban J connectivity index is 0.000000171. The summed E-state index contributed by atoms with van der Waals surface area (Å²) < 4.78 is 5.60. The molecular weight excluding hydrogens is 821 g/mol. The number of amides is 6. The summed E-state index contributed by atoms with van der Waals surface area (Å²) in [6.07, 6.45) is 9.70. The number of hydrogen-bond donors (Lipinski definition) is 3. The maximum Gasteiger partial charge on any atom is 0.325 e. The van der Waals surface area contributed by atoms with Crippen molar-refractivity contribution >= 4 is 70.2 Å². The van der Waals surface area contributed by atoms with Crippen molar-refractivity contribution < 1.29 is 38.6 Å². The van der Waals surface area contributed by atoms with Crippen LogP contribution in [0.5, 0.6) is 17.4 Å². The molecule has 3 aromatic carbocycles. The number of hydrogen-bond acceptors (Lipinski definition) is 9. The van der Waals surface area contributed by atoms with Gasteiger partial charge in [0, 0.05) is 38.5 Å². The molecule has 2 saturated heterocycles. The fourth-order valence-corrected chi connectivity index (χ4v) is 7.96. The fourth-order valence-electron chi connectivity index (χ4n) is 7.47. The van der Waals surface area contributed by atoms with Crippen LogP contribution < -0.4 is 15.4 Å².